The Hall–Kier alpha value is -3.76. The van der Waals surface area contributed by atoms with Crippen LogP contribution in [-0.4, -0.2) is 38.7 Å². The Morgan fingerprint density at radius 2 is 1.83 bits per heavy atom. The highest BCUT2D eigenvalue weighted by Gasteiger charge is 2.42. The lowest BCUT2D eigenvalue weighted by molar-refractivity contribution is -0.274. The largest absolute Gasteiger partial charge is 0.573 e. The third-order valence-corrected chi connectivity index (χ3v) is 5.63. The molecule has 1 saturated carbocycles. The van der Waals surface area contributed by atoms with Crippen LogP contribution in [0.2, 0.25) is 0 Å². The van der Waals surface area contributed by atoms with E-state index in [4.69, 9.17) is 4.74 Å². The minimum absolute atomic E-state index is 0.177. The van der Waals surface area contributed by atoms with E-state index in [1.54, 1.807) is 39.0 Å². The minimum Gasteiger partial charge on any atom is -0.477 e. The van der Waals surface area contributed by atoms with E-state index in [0.717, 1.165) is 18.6 Å². The van der Waals surface area contributed by atoms with Crippen LogP contribution in [0.5, 0.6) is 5.75 Å². The minimum atomic E-state index is -4.90. The Bertz CT molecular complexity index is 1290. The van der Waals surface area contributed by atoms with Crippen molar-refractivity contribution in [3.05, 3.63) is 53.9 Å². The highest BCUT2D eigenvalue weighted by Crippen LogP contribution is 2.41. The molecule has 1 aliphatic rings. The van der Waals surface area contributed by atoms with Gasteiger partial charge in [0.1, 0.15) is 22.9 Å². The molecule has 2 heterocycles. The average molecular weight is 491 g/mol. The van der Waals surface area contributed by atoms with E-state index in [2.05, 4.69) is 15.0 Å². The molecule has 1 amide bonds. The summed E-state index contributed by atoms with van der Waals surface area (Å²) in [7, 11) is 0. The summed E-state index contributed by atoms with van der Waals surface area (Å²) in [5.74, 6) is -1.59. The zero-order valence-electron chi connectivity index (χ0n) is 19.3. The second-order valence-corrected chi connectivity index (χ2v) is 9.38. The van der Waals surface area contributed by atoms with Gasteiger partial charge in [-0.2, -0.15) is 0 Å². The molecule has 1 aliphatic carbocycles. The number of carboxylic acids is 1. The summed E-state index contributed by atoms with van der Waals surface area (Å²) in [6.07, 6.45) is -3.46. The van der Waals surface area contributed by atoms with Crippen LogP contribution in [0.4, 0.5) is 18.0 Å². The van der Waals surface area contributed by atoms with Crippen molar-refractivity contribution < 1.29 is 37.3 Å². The van der Waals surface area contributed by atoms with Crippen molar-refractivity contribution in [3.8, 4) is 11.6 Å². The van der Waals surface area contributed by atoms with Gasteiger partial charge in [0.05, 0.1) is 16.7 Å². The highest BCUT2D eigenvalue weighted by atomic mass is 19.4. The molecule has 4 rings (SSSR count). The number of alkyl halides is 3. The summed E-state index contributed by atoms with van der Waals surface area (Å²) in [6.45, 7) is 5.25. The van der Waals surface area contributed by atoms with E-state index in [9.17, 15) is 27.9 Å². The Morgan fingerprint density at radius 3 is 2.40 bits per heavy atom. The second-order valence-electron chi connectivity index (χ2n) is 9.38. The van der Waals surface area contributed by atoms with Crippen LogP contribution >= 0.6 is 0 Å². The van der Waals surface area contributed by atoms with E-state index in [-0.39, 0.29) is 17.0 Å². The molecule has 0 saturated heterocycles. The molecular weight excluding hydrogens is 467 g/mol. The number of nitrogens with one attached hydrogen (secondary N) is 1. The maximum absolute atomic E-state index is 12.8. The van der Waals surface area contributed by atoms with Crippen molar-refractivity contribution >= 4 is 23.0 Å². The Balaban J connectivity index is 1.78. The molecule has 186 valence electrons. The monoisotopic (exact) mass is 491 g/mol. The van der Waals surface area contributed by atoms with Crippen LogP contribution in [0, 0.1) is 0 Å². The molecule has 0 unspecified atom stereocenters. The number of aromatic nitrogens is 2. The smallest absolute Gasteiger partial charge is 0.477 e. The van der Waals surface area contributed by atoms with Crippen molar-refractivity contribution in [2.45, 2.75) is 57.5 Å². The predicted molar refractivity (Wildman–Crippen MR) is 120 cm³/mol. The topological polar surface area (TPSA) is 103 Å². The van der Waals surface area contributed by atoms with Gasteiger partial charge in [-0.1, -0.05) is 6.07 Å². The summed E-state index contributed by atoms with van der Waals surface area (Å²) in [6, 6.07) is 9.84. The molecule has 0 atom stereocenters. The Morgan fingerprint density at radius 1 is 1.11 bits per heavy atom. The third kappa shape index (κ3) is 5.18. The van der Waals surface area contributed by atoms with Crippen molar-refractivity contribution in [1.82, 2.24) is 14.9 Å². The lowest BCUT2D eigenvalue weighted by Gasteiger charge is -2.42. The number of hydrogen-bond acceptors (Lipinski definition) is 5. The van der Waals surface area contributed by atoms with Crippen LogP contribution in [0.1, 0.15) is 56.2 Å². The normalized spacial score (nSPS) is 15.4. The van der Waals surface area contributed by atoms with E-state index in [1.165, 1.54) is 16.7 Å². The van der Waals surface area contributed by atoms with E-state index >= 15 is 0 Å². The maximum atomic E-state index is 12.8. The number of fused-ring (bicyclic) bond motifs is 1. The van der Waals surface area contributed by atoms with Gasteiger partial charge in [-0.25, -0.2) is 14.6 Å². The first-order valence-electron chi connectivity index (χ1n) is 10.9. The summed E-state index contributed by atoms with van der Waals surface area (Å²) in [4.78, 5) is 29.1. The van der Waals surface area contributed by atoms with Gasteiger partial charge in [0.25, 0.3) is 0 Å². The summed E-state index contributed by atoms with van der Waals surface area (Å²) in [5.41, 5.74) is -1.00. The molecule has 1 aromatic carbocycles. The van der Waals surface area contributed by atoms with Crippen molar-refractivity contribution in [1.29, 1.82) is 0 Å². The Kier molecular flexibility index (Phi) is 5.90. The standard InChI is InChI=1S/C24H24F3N3O5/c1-22(2,3)35-21(33)29-23(10-5-11-23)18-6-4-7-19(28-18)30-16-13-15(34-24(25,26)27)9-8-14(16)12-17(30)20(31)32/h4,6-9,12-13H,5,10-11H2,1-3H3,(H,29,33)(H,31,32). The van der Waals surface area contributed by atoms with Gasteiger partial charge in [-0.3, -0.25) is 4.57 Å². The van der Waals surface area contributed by atoms with Gasteiger partial charge in [0.2, 0.25) is 0 Å². The number of alkyl carbamates (subject to hydrolysis) is 1. The zero-order valence-corrected chi connectivity index (χ0v) is 19.3. The van der Waals surface area contributed by atoms with Crippen LogP contribution in [-0.2, 0) is 10.3 Å². The van der Waals surface area contributed by atoms with Crippen LogP contribution in [0.15, 0.2) is 42.5 Å². The number of halogens is 3. The lowest BCUT2D eigenvalue weighted by Crippen LogP contribution is -2.52. The second kappa shape index (κ2) is 8.47. The number of pyridine rings is 1. The SMILES string of the molecule is CC(C)(C)OC(=O)NC1(c2cccc(-n3c(C(=O)O)cc4ccc(OC(F)(F)F)cc43)n2)CCC1. The third-order valence-electron chi connectivity index (χ3n) is 5.63. The van der Waals surface area contributed by atoms with Crippen LogP contribution in [0.25, 0.3) is 16.7 Å². The molecule has 8 nitrogen and oxygen atoms in total. The van der Waals surface area contributed by atoms with Gasteiger partial charge in [-0.15, -0.1) is 13.2 Å². The molecule has 0 bridgehead atoms. The molecule has 0 aliphatic heterocycles. The maximum Gasteiger partial charge on any atom is 0.573 e. The summed E-state index contributed by atoms with van der Waals surface area (Å²) < 4.78 is 48.9. The van der Waals surface area contributed by atoms with Gasteiger partial charge in [-0.05, 0) is 70.4 Å². The molecule has 2 N–H and O–H groups in total. The number of aromatic carboxylic acids is 1. The van der Waals surface area contributed by atoms with Gasteiger partial charge < -0.3 is 19.9 Å². The molecule has 0 radical (unpaired) electrons. The van der Waals surface area contributed by atoms with Crippen LogP contribution in [0.3, 0.4) is 0 Å². The zero-order chi connectivity index (χ0) is 25.6. The fourth-order valence-electron chi connectivity index (χ4n) is 4.07. The Labute approximate surface area is 198 Å². The first kappa shape index (κ1) is 24.4. The number of carbonyl (C=O) groups excluding carboxylic acids is 1. The molecule has 1 fully saturated rings. The fraction of sp³-hybridized carbons (Fsp3) is 0.375. The summed E-state index contributed by atoms with van der Waals surface area (Å²) in [5, 5.41) is 13.1. The number of rotatable bonds is 5. The number of hydrogen-bond donors (Lipinski definition) is 2. The van der Waals surface area contributed by atoms with Gasteiger partial charge in [0, 0.05) is 11.5 Å². The number of benzene rings is 1. The number of carboxylic acid groups (broad SMARTS) is 1. The molecule has 0 spiro atoms. The molecular formula is C24H24F3N3O5. The van der Waals surface area contributed by atoms with E-state index in [0.29, 0.717) is 23.9 Å². The van der Waals surface area contributed by atoms with Crippen molar-refractivity contribution in [2.75, 3.05) is 0 Å². The molecule has 11 heteroatoms. The summed E-state index contributed by atoms with van der Waals surface area (Å²) >= 11 is 0. The molecule has 3 aromatic rings. The van der Waals surface area contributed by atoms with Crippen molar-refractivity contribution in [3.63, 3.8) is 0 Å². The highest BCUT2D eigenvalue weighted by molar-refractivity contribution is 5.96. The van der Waals surface area contributed by atoms with E-state index < -0.39 is 35.3 Å². The lowest BCUT2D eigenvalue weighted by atomic mass is 9.74. The van der Waals surface area contributed by atoms with Gasteiger partial charge in [0.15, 0.2) is 0 Å². The number of nitrogens with zero attached hydrogens (tertiary/aromatic N) is 2. The number of amides is 1. The first-order chi connectivity index (χ1) is 16.3. The van der Waals surface area contributed by atoms with Crippen LogP contribution < -0.4 is 10.1 Å². The number of ether oxygens (including phenoxy) is 2. The van der Waals surface area contributed by atoms with Gasteiger partial charge >= 0.3 is 18.4 Å². The average Bonchev–Trinajstić information content (AvgIpc) is 3.07. The quantitative estimate of drug-likeness (QED) is 0.487. The molecule has 35 heavy (non-hydrogen) atoms. The van der Waals surface area contributed by atoms with E-state index in [1.807, 2.05) is 0 Å². The van der Waals surface area contributed by atoms with Crippen molar-refractivity contribution in [2.24, 2.45) is 0 Å². The number of carbonyl (C=O) groups is 2. The molecule has 2 aromatic heterocycles. The fourth-order valence-corrected chi connectivity index (χ4v) is 4.07. The predicted octanol–water partition coefficient (Wildman–Crippen LogP) is 5.53. The first-order valence-corrected chi connectivity index (χ1v) is 10.9.